The van der Waals surface area contributed by atoms with Gasteiger partial charge in [-0.15, -0.1) is 0 Å². The van der Waals surface area contributed by atoms with Crippen LogP contribution in [-0.2, 0) is 9.53 Å². The van der Waals surface area contributed by atoms with Gasteiger partial charge in [0.15, 0.2) is 0 Å². The van der Waals surface area contributed by atoms with Crippen molar-refractivity contribution >= 4 is 5.97 Å². The van der Waals surface area contributed by atoms with Crippen LogP contribution in [-0.4, -0.2) is 50.2 Å². The van der Waals surface area contributed by atoms with Gasteiger partial charge in [0.05, 0.1) is 7.11 Å². The van der Waals surface area contributed by atoms with E-state index in [2.05, 4.69) is 24.1 Å². The summed E-state index contributed by atoms with van der Waals surface area (Å²) in [6.07, 6.45) is 3.13. The molecule has 0 aromatic carbocycles. The van der Waals surface area contributed by atoms with Crippen LogP contribution in [0.5, 0.6) is 0 Å². The van der Waals surface area contributed by atoms with E-state index in [4.69, 9.17) is 4.74 Å². The van der Waals surface area contributed by atoms with Gasteiger partial charge in [0.1, 0.15) is 5.54 Å². The molecule has 0 aliphatic carbocycles. The summed E-state index contributed by atoms with van der Waals surface area (Å²) >= 11 is 0. The van der Waals surface area contributed by atoms with Crippen molar-refractivity contribution in [2.45, 2.75) is 45.6 Å². The molecular formula is C15H30N2O2. The molecular weight excluding hydrogens is 240 g/mol. The predicted molar refractivity (Wildman–Crippen MR) is 78.1 cm³/mol. The van der Waals surface area contributed by atoms with Crippen LogP contribution < -0.4 is 5.32 Å². The fourth-order valence-corrected chi connectivity index (χ4v) is 2.76. The van der Waals surface area contributed by atoms with Crippen LogP contribution in [0.25, 0.3) is 0 Å². The quantitative estimate of drug-likeness (QED) is 0.749. The third-order valence-electron chi connectivity index (χ3n) is 4.76. The van der Waals surface area contributed by atoms with Crippen LogP contribution in [0.1, 0.15) is 40.0 Å². The first-order chi connectivity index (χ1) is 8.92. The Balaban J connectivity index is 2.35. The number of nitrogens with zero attached hydrogens (tertiary/aromatic N) is 1. The highest BCUT2D eigenvalue weighted by molar-refractivity contribution is 5.80. The number of carbonyl (C=O) groups excluding carboxylic acids is 1. The summed E-state index contributed by atoms with van der Waals surface area (Å²) in [4.78, 5) is 14.3. The summed E-state index contributed by atoms with van der Waals surface area (Å²) in [6.45, 7) is 10.1. The molecule has 0 spiro atoms. The van der Waals surface area contributed by atoms with Crippen LogP contribution >= 0.6 is 0 Å². The molecule has 1 aliphatic rings. The number of likely N-dealkylation sites (N-methyl/N-ethyl adjacent to an activating group) is 1. The lowest BCUT2D eigenvalue weighted by atomic mass is 9.88. The van der Waals surface area contributed by atoms with Crippen molar-refractivity contribution in [3.8, 4) is 0 Å². The molecule has 19 heavy (non-hydrogen) atoms. The SMILES string of the molecule is CNC(C)(CCCN1CCC(C)C(C)C1)C(=O)OC. The predicted octanol–water partition coefficient (Wildman–Crippen LogP) is 1.90. The Bertz CT molecular complexity index is 296. The maximum atomic E-state index is 11.7. The molecule has 1 fully saturated rings. The second kappa shape index (κ2) is 7.25. The molecule has 1 rings (SSSR count). The molecule has 112 valence electrons. The van der Waals surface area contributed by atoms with Gasteiger partial charge in [-0.25, -0.2) is 0 Å². The second-order valence-electron chi connectivity index (χ2n) is 6.22. The first-order valence-corrected chi connectivity index (χ1v) is 7.42. The topological polar surface area (TPSA) is 41.6 Å². The van der Waals surface area contributed by atoms with Gasteiger partial charge < -0.3 is 15.0 Å². The summed E-state index contributed by atoms with van der Waals surface area (Å²) in [6, 6.07) is 0. The number of esters is 1. The Hall–Kier alpha value is -0.610. The Labute approximate surface area is 117 Å². The van der Waals surface area contributed by atoms with Gasteiger partial charge in [0.2, 0.25) is 0 Å². The van der Waals surface area contributed by atoms with Gasteiger partial charge in [0.25, 0.3) is 0 Å². The highest BCUT2D eigenvalue weighted by atomic mass is 16.5. The van der Waals surface area contributed by atoms with E-state index < -0.39 is 5.54 Å². The van der Waals surface area contributed by atoms with Gasteiger partial charge in [0, 0.05) is 6.54 Å². The van der Waals surface area contributed by atoms with Gasteiger partial charge in [-0.2, -0.15) is 0 Å². The van der Waals surface area contributed by atoms with Crippen LogP contribution in [0.4, 0.5) is 0 Å². The van der Waals surface area contributed by atoms with Crippen molar-refractivity contribution in [2.24, 2.45) is 11.8 Å². The van der Waals surface area contributed by atoms with Crippen LogP contribution in [0, 0.1) is 11.8 Å². The Morgan fingerprint density at radius 2 is 2.11 bits per heavy atom. The molecule has 1 aliphatic heterocycles. The summed E-state index contributed by atoms with van der Waals surface area (Å²) in [5, 5.41) is 3.09. The van der Waals surface area contributed by atoms with E-state index in [1.54, 1.807) is 0 Å². The summed E-state index contributed by atoms with van der Waals surface area (Å²) in [5.74, 6) is 1.45. The van der Waals surface area contributed by atoms with Gasteiger partial charge in [-0.05, 0) is 58.2 Å². The van der Waals surface area contributed by atoms with Crippen molar-refractivity contribution in [3.63, 3.8) is 0 Å². The van der Waals surface area contributed by atoms with Crippen molar-refractivity contribution in [1.82, 2.24) is 10.2 Å². The highest BCUT2D eigenvalue weighted by Crippen LogP contribution is 2.23. The highest BCUT2D eigenvalue weighted by Gasteiger charge is 2.32. The monoisotopic (exact) mass is 270 g/mol. The molecule has 0 aromatic rings. The zero-order valence-corrected chi connectivity index (χ0v) is 13.2. The smallest absolute Gasteiger partial charge is 0.325 e. The first-order valence-electron chi connectivity index (χ1n) is 7.42. The van der Waals surface area contributed by atoms with E-state index in [0.29, 0.717) is 0 Å². The number of rotatable bonds is 6. The number of hydrogen-bond acceptors (Lipinski definition) is 4. The average molecular weight is 270 g/mol. The molecule has 4 heteroatoms. The number of methoxy groups -OCH3 is 1. The fraction of sp³-hybridized carbons (Fsp3) is 0.933. The molecule has 4 nitrogen and oxygen atoms in total. The molecule has 0 aromatic heterocycles. The minimum Gasteiger partial charge on any atom is -0.468 e. The van der Waals surface area contributed by atoms with Crippen molar-refractivity contribution < 1.29 is 9.53 Å². The van der Waals surface area contributed by atoms with Crippen LogP contribution in [0.2, 0.25) is 0 Å². The third kappa shape index (κ3) is 4.46. The maximum absolute atomic E-state index is 11.7. The largest absolute Gasteiger partial charge is 0.468 e. The average Bonchev–Trinajstić information content (AvgIpc) is 2.41. The lowest BCUT2D eigenvalue weighted by Gasteiger charge is -2.36. The van der Waals surface area contributed by atoms with Crippen LogP contribution in [0.3, 0.4) is 0 Å². The molecule has 1 heterocycles. The molecule has 3 atom stereocenters. The lowest BCUT2D eigenvalue weighted by Crippen LogP contribution is -2.49. The van der Waals surface area contributed by atoms with Gasteiger partial charge in [-0.3, -0.25) is 4.79 Å². The first kappa shape index (κ1) is 16.4. The van der Waals surface area contributed by atoms with Crippen molar-refractivity contribution in [3.05, 3.63) is 0 Å². The van der Waals surface area contributed by atoms with E-state index in [1.165, 1.54) is 26.6 Å². The minimum atomic E-state index is -0.552. The van der Waals surface area contributed by atoms with Crippen molar-refractivity contribution in [2.75, 3.05) is 33.8 Å². The number of carbonyl (C=O) groups is 1. The fourth-order valence-electron chi connectivity index (χ4n) is 2.76. The molecule has 3 unspecified atom stereocenters. The standard InChI is InChI=1S/C15H30N2O2/c1-12-7-10-17(11-13(12)2)9-6-8-15(3,16-4)14(18)19-5/h12-13,16H,6-11H2,1-5H3. The normalized spacial score (nSPS) is 27.8. The lowest BCUT2D eigenvalue weighted by molar-refractivity contribution is -0.148. The van der Waals surface area contributed by atoms with E-state index in [9.17, 15) is 4.79 Å². The molecule has 0 saturated carbocycles. The summed E-state index contributed by atoms with van der Waals surface area (Å²) in [7, 11) is 3.27. The van der Waals surface area contributed by atoms with Gasteiger partial charge in [-0.1, -0.05) is 13.8 Å². The second-order valence-corrected chi connectivity index (χ2v) is 6.22. The van der Waals surface area contributed by atoms with Crippen LogP contribution in [0.15, 0.2) is 0 Å². The molecule has 0 amide bonds. The third-order valence-corrected chi connectivity index (χ3v) is 4.76. The summed E-state index contributed by atoms with van der Waals surface area (Å²) < 4.78 is 4.86. The Morgan fingerprint density at radius 3 is 2.63 bits per heavy atom. The number of ether oxygens (including phenoxy) is 1. The van der Waals surface area contributed by atoms with E-state index >= 15 is 0 Å². The molecule has 1 saturated heterocycles. The number of hydrogen-bond donors (Lipinski definition) is 1. The number of piperidine rings is 1. The zero-order chi connectivity index (χ0) is 14.5. The number of nitrogens with one attached hydrogen (secondary N) is 1. The van der Waals surface area contributed by atoms with E-state index in [-0.39, 0.29) is 5.97 Å². The zero-order valence-electron chi connectivity index (χ0n) is 13.2. The van der Waals surface area contributed by atoms with E-state index in [0.717, 1.165) is 31.2 Å². The minimum absolute atomic E-state index is 0.171. The van der Waals surface area contributed by atoms with Gasteiger partial charge >= 0.3 is 5.97 Å². The van der Waals surface area contributed by atoms with E-state index in [1.807, 2.05) is 14.0 Å². The van der Waals surface area contributed by atoms with Crippen molar-refractivity contribution in [1.29, 1.82) is 0 Å². The molecule has 0 bridgehead atoms. The Morgan fingerprint density at radius 1 is 1.42 bits per heavy atom. The molecule has 1 N–H and O–H groups in total. The maximum Gasteiger partial charge on any atom is 0.325 e. The number of likely N-dealkylation sites (tertiary alicyclic amines) is 1. The summed E-state index contributed by atoms with van der Waals surface area (Å²) in [5.41, 5.74) is -0.552. The molecule has 0 radical (unpaired) electrons. The Kier molecular flexibility index (Phi) is 6.27.